The summed E-state index contributed by atoms with van der Waals surface area (Å²) in [6.45, 7) is 4.73. The minimum absolute atomic E-state index is 0.366. The maximum Gasteiger partial charge on any atom is 0.315 e. The zero-order valence-electron chi connectivity index (χ0n) is 9.56. The summed E-state index contributed by atoms with van der Waals surface area (Å²) >= 11 is 0. The maximum atomic E-state index is 11.7. The van der Waals surface area contributed by atoms with E-state index < -0.39 is 12.3 Å². The Hall–Kier alpha value is -0.670. The van der Waals surface area contributed by atoms with E-state index in [1.807, 2.05) is 0 Å². The Morgan fingerprint density at radius 1 is 1.13 bits per heavy atom. The summed E-state index contributed by atoms with van der Waals surface area (Å²) < 4.78 is 23.5. The molecule has 0 aliphatic rings. The quantitative estimate of drug-likeness (QED) is 0.627. The molecule has 0 bridgehead atoms. The van der Waals surface area contributed by atoms with E-state index >= 15 is 0 Å². The summed E-state index contributed by atoms with van der Waals surface area (Å²) in [6, 6.07) is 0. The van der Waals surface area contributed by atoms with Gasteiger partial charge in [-0.2, -0.15) is 8.78 Å². The highest BCUT2D eigenvalue weighted by atomic mass is 19.3. The second-order valence-corrected chi connectivity index (χ2v) is 4.19. The van der Waals surface area contributed by atoms with Gasteiger partial charge in [-0.15, -0.1) is 0 Å². The fourth-order valence-electron chi connectivity index (χ4n) is 1.32. The monoisotopic (exact) mass is 221 g/mol. The minimum atomic E-state index is -2.88. The maximum absolute atomic E-state index is 11.7. The van der Waals surface area contributed by atoms with Crippen LogP contribution >= 0.6 is 0 Å². The third kappa shape index (κ3) is 9.63. The molecule has 0 fully saturated rings. The Kier molecular flexibility index (Phi) is 8.24. The predicted molar refractivity (Wildman–Crippen MR) is 56.9 cm³/mol. The largest absolute Gasteiger partial charge is 0.351 e. The fourth-order valence-corrected chi connectivity index (χ4v) is 1.32. The van der Waals surface area contributed by atoms with Gasteiger partial charge >= 0.3 is 6.43 Å². The van der Waals surface area contributed by atoms with Gasteiger partial charge in [-0.1, -0.05) is 39.5 Å². The first-order valence-corrected chi connectivity index (χ1v) is 5.60. The van der Waals surface area contributed by atoms with Crippen molar-refractivity contribution < 1.29 is 13.6 Å². The van der Waals surface area contributed by atoms with E-state index in [9.17, 15) is 13.6 Å². The SMILES string of the molecule is CC(C)CCCCCCNC(=O)C(F)F. The van der Waals surface area contributed by atoms with Gasteiger partial charge in [0, 0.05) is 6.54 Å². The molecule has 0 aliphatic heterocycles. The molecule has 0 rings (SSSR count). The number of nitrogens with one attached hydrogen (secondary N) is 1. The third-order valence-corrected chi connectivity index (χ3v) is 2.21. The van der Waals surface area contributed by atoms with Crippen molar-refractivity contribution in [1.29, 1.82) is 0 Å². The van der Waals surface area contributed by atoms with Gasteiger partial charge in [-0.05, 0) is 12.3 Å². The highest BCUT2D eigenvalue weighted by molar-refractivity contribution is 5.78. The molecule has 1 N–H and O–H groups in total. The number of alkyl halides is 2. The summed E-state index contributed by atoms with van der Waals surface area (Å²) in [4.78, 5) is 10.5. The lowest BCUT2D eigenvalue weighted by atomic mass is 10.0. The van der Waals surface area contributed by atoms with Gasteiger partial charge in [0.25, 0.3) is 5.91 Å². The minimum Gasteiger partial charge on any atom is -0.351 e. The first kappa shape index (κ1) is 14.3. The Morgan fingerprint density at radius 3 is 2.27 bits per heavy atom. The van der Waals surface area contributed by atoms with Crippen LogP contribution in [-0.2, 0) is 4.79 Å². The molecule has 15 heavy (non-hydrogen) atoms. The van der Waals surface area contributed by atoms with Gasteiger partial charge in [0.1, 0.15) is 0 Å². The second-order valence-electron chi connectivity index (χ2n) is 4.19. The average Bonchev–Trinajstić information content (AvgIpc) is 2.15. The fraction of sp³-hybridized carbons (Fsp3) is 0.909. The van der Waals surface area contributed by atoms with Gasteiger partial charge in [0.15, 0.2) is 0 Å². The molecule has 0 saturated heterocycles. The van der Waals surface area contributed by atoms with Crippen molar-refractivity contribution in [3.63, 3.8) is 0 Å². The number of carbonyl (C=O) groups excluding carboxylic acids is 1. The second kappa shape index (κ2) is 8.62. The highest BCUT2D eigenvalue weighted by Crippen LogP contribution is 2.08. The predicted octanol–water partition coefficient (Wildman–Crippen LogP) is 2.97. The Morgan fingerprint density at radius 2 is 1.73 bits per heavy atom. The number of halogens is 2. The lowest BCUT2D eigenvalue weighted by Gasteiger charge is -2.05. The van der Waals surface area contributed by atoms with E-state index in [1.165, 1.54) is 12.8 Å². The lowest BCUT2D eigenvalue weighted by Crippen LogP contribution is -2.30. The van der Waals surface area contributed by atoms with Gasteiger partial charge in [0.05, 0.1) is 0 Å². The molecule has 0 aliphatic carbocycles. The molecule has 2 nitrogen and oxygen atoms in total. The molecule has 0 aromatic heterocycles. The van der Waals surface area contributed by atoms with Gasteiger partial charge < -0.3 is 5.32 Å². The van der Waals surface area contributed by atoms with Gasteiger partial charge in [0.2, 0.25) is 0 Å². The lowest BCUT2D eigenvalue weighted by molar-refractivity contribution is -0.131. The van der Waals surface area contributed by atoms with Crippen LogP contribution in [0, 0.1) is 5.92 Å². The number of carbonyl (C=O) groups is 1. The van der Waals surface area contributed by atoms with Crippen LogP contribution in [0.25, 0.3) is 0 Å². The molecule has 0 unspecified atom stereocenters. The van der Waals surface area contributed by atoms with Crippen molar-refractivity contribution in [2.24, 2.45) is 5.92 Å². The summed E-state index contributed by atoms with van der Waals surface area (Å²) in [5, 5.41) is 2.19. The van der Waals surface area contributed by atoms with E-state index in [2.05, 4.69) is 19.2 Å². The zero-order valence-corrected chi connectivity index (χ0v) is 9.56. The normalized spacial score (nSPS) is 11.1. The van der Waals surface area contributed by atoms with Crippen molar-refractivity contribution in [2.75, 3.05) is 6.54 Å². The van der Waals surface area contributed by atoms with Crippen LogP contribution in [0.1, 0.15) is 46.0 Å². The number of hydrogen-bond acceptors (Lipinski definition) is 1. The van der Waals surface area contributed by atoms with Crippen LogP contribution in [0.15, 0.2) is 0 Å². The average molecular weight is 221 g/mol. The van der Waals surface area contributed by atoms with E-state index in [4.69, 9.17) is 0 Å². The molecule has 0 atom stereocenters. The summed E-state index contributed by atoms with van der Waals surface area (Å²) in [7, 11) is 0. The molecule has 0 spiro atoms. The van der Waals surface area contributed by atoms with Crippen molar-refractivity contribution >= 4 is 5.91 Å². The zero-order chi connectivity index (χ0) is 11.7. The number of rotatable bonds is 8. The number of hydrogen-bond donors (Lipinski definition) is 1. The Balaban J connectivity index is 3.15. The van der Waals surface area contributed by atoms with E-state index in [0.717, 1.165) is 25.2 Å². The first-order valence-electron chi connectivity index (χ1n) is 5.60. The third-order valence-electron chi connectivity index (χ3n) is 2.21. The van der Waals surface area contributed by atoms with Crippen molar-refractivity contribution in [3.05, 3.63) is 0 Å². The van der Waals surface area contributed by atoms with E-state index in [-0.39, 0.29) is 0 Å². The van der Waals surface area contributed by atoms with Crippen LogP contribution in [0.2, 0.25) is 0 Å². The van der Waals surface area contributed by atoms with Crippen LogP contribution in [0.5, 0.6) is 0 Å². The Labute approximate surface area is 90.4 Å². The first-order chi connectivity index (χ1) is 7.04. The molecule has 0 saturated carbocycles. The van der Waals surface area contributed by atoms with Crippen molar-refractivity contribution in [1.82, 2.24) is 5.32 Å². The summed E-state index contributed by atoms with van der Waals surface area (Å²) in [5.74, 6) is -0.430. The molecule has 4 heteroatoms. The molecule has 0 aromatic carbocycles. The van der Waals surface area contributed by atoms with Crippen LogP contribution in [-0.4, -0.2) is 18.9 Å². The van der Waals surface area contributed by atoms with Crippen LogP contribution < -0.4 is 5.32 Å². The van der Waals surface area contributed by atoms with Gasteiger partial charge in [-0.3, -0.25) is 4.79 Å². The summed E-state index contributed by atoms with van der Waals surface area (Å²) in [5.41, 5.74) is 0. The molecule has 0 aromatic rings. The van der Waals surface area contributed by atoms with Crippen molar-refractivity contribution in [2.45, 2.75) is 52.4 Å². The molecule has 1 amide bonds. The van der Waals surface area contributed by atoms with Crippen LogP contribution in [0.4, 0.5) is 8.78 Å². The molecular weight excluding hydrogens is 200 g/mol. The van der Waals surface area contributed by atoms with Crippen molar-refractivity contribution in [3.8, 4) is 0 Å². The standard InChI is InChI=1S/C11H21F2NO/c1-9(2)7-5-3-4-6-8-14-11(15)10(12)13/h9-10H,3-8H2,1-2H3,(H,14,15). The smallest absolute Gasteiger partial charge is 0.315 e. The van der Waals surface area contributed by atoms with Crippen LogP contribution in [0.3, 0.4) is 0 Å². The Bertz CT molecular complexity index is 172. The number of unbranched alkanes of at least 4 members (excludes halogenated alkanes) is 3. The number of amides is 1. The van der Waals surface area contributed by atoms with E-state index in [1.54, 1.807) is 0 Å². The topological polar surface area (TPSA) is 29.1 Å². The molecule has 90 valence electrons. The van der Waals surface area contributed by atoms with Gasteiger partial charge in [-0.25, -0.2) is 0 Å². The molecule has 0 heterocycles. The molecule has 0 radical (unpaired) electrons. The highest BCUT2D eigenvalue weighted by Gasteiger charge is 2.13. The molecular formula is C11H21F2NO. The van der Waals surface area contributed by atoms with E-state index in [0.29, 0.717) is 6.54 Å². The summed E-state index contributed by atoms with van der Waals surface area (Å²) in [6.07, 6.45) is 2.41.